The number of amides is 2. The van der Waals surface area contributed by atoms with Crippen molar-refractivity contribution in [2.45, 2.75) is 12.0 Å². The molecule has 0 spiro atoms. The smallest absolute Gasteiger partial charge is 0.254 e. The minimum atomic E-state index is -0.634. The van der Waals surface area contributed by atoms with Gasteiger partial charge in [-0.1, -0.05) is 12.1 Å². The Morgan fingerprint density at radius 2 is 1.69 bits per heavy atom. The monoisotopic (exact) mass is 483 g/mol. The van der Waals surface area contributed by atoms with Gasteiger partial charge in [0.1, 0.15) is 5.75 Å². The van der Waals surface area contributed by atoms with Crippen LogP contribution in [0, 0.1) is 0 Å². The highest BCUT2D eigenvalue weighted by molar-refractivity contribution is 6.02. The summed E-state index contributed by atoms with van der Waals surface area (Å²) in [7, 11) is 6.40. The van der Waals surface area contributed by atoms with Crippen LogP contribution in [-0.2, 0) is 9.53 Å². The number of carbonyl (C=O) groups excluding carboxylic acids is 2. The summed E-state index contributed by atoms with van der Waals surface area (Å²) < 4.78 is 21.6. The summed E-state index contributed by atoms with van der Waals surface area (Å²) in [5, 5.41) is 3.11. The van der Waals surface area contributed by atoms with Gasteiger partial charge in [0.05, 0.1) is 46.5 Å². The molecule has 0 unspecified atom stereocenters. The number of methoxy groups -OCH3 is 3. The molecule has 0 bridgehead atoms. The van der Waals surface area contributed by atoms with Crippen LogP contribution >= 0.6 is 0 Å². The van der Waals surface area contributed by atoms with E-state index in [1.807, 2.05) is 24.3 Å². The second-order valence-electron chi connectivity index (χ2n) is 8.65. The standard InChI is InChI=1S/C26H33N3O6/c1-28-24(17-5-7-18(32-2)8-6-17)23(25(30)27-9-10-29-11-13-35-14-12-29)19-15-21(33-3)22(34-4)16-20(19)26(28)31/h5-8,15-16,23-24H,9-14H2,1-4H3,(H,27,30)/t23-,24-/m1/s1. The van der Waals surface area contributed by atoms with Crippen LogP contribution in [0.3, 0.4) is 0 Å². The Morgan fingerprint density at radius 3 is 2.31 bits per heavy atom. The molecule has 9 nitrogen and oxygen atoms in total. The molecule has 0 aromatic heterocycles. The van der Waals surface area contributed by atoms with Gasteiger partial charge in [-0.3, -0.25) is 14.5 Å². The van der Waals surface area contributed by atoms with Gasteiger partial charge in [0.2, 0.25) is 5.91 Å². The van der Waals surface area contributed by atoms with Crippen molar-refractivity contribution in [1.82, 2.24) is 15.1 Å². The Labute approximate surface area is 205 Å². The third-order valence-electron chi connectivity index (χ3n) is 6.75. The molecule has 35 heavy (non-hydrogen) atoms. The van der Waals surface area contributed by atoms with E-state index >= 15 is 0 Å². The van der Waals surface area contributed by atoms with Crippen LogP contribution in [0.2, 0.25) is 0 Å². The maximum Gasteiger partial charge on any atom is 0.254 e. The lowest BCUT2D eigenvalue weighted by Gasteiger charge is -2.40. The third kappa shape index (κ3) is 5.06. The van der Waals surface area contributed by atoms with Crippen LogP contribution in [0.15, 0.2) is 36.4 Å². The SMILES string of the molecule is COc1ccc([C@@H]2[C@H](C(=O)NCCN3CCOCC3)c3cc(OC)c(OC)cc3C(=O)N2C)cc1. The quantitative estimate of drug-likeness (QED) is 0.615. The Kier molecular flexibility index (Phi) is 7.77. The highest BCUT2D eigenvalue weighted by Crippen LogP contribution is 2.45. The van der Waals surface area contributed by atoms with Crippen LogP contribution in [0.25, 0.3) is 0 Å². The van der Waals surface area contributed by atoms with Crippen molar-refractivity contribution in [1.29, 1.82) is 0 Å². The predicted molar refractivity (Wildman–Crippen MR) is 130 cm³/mol. The van der Waals surface area contributed by atoms with Crippen molar-refractivity contribution in [3.8, 4) is 17.2 Å². The van der Waals surface area contributed by atoms with Crippen molar-refractivity contribution < 1.29 is 28.5 Å². The molecule has 1 fully saturated rings. The summed E-state index contributed by atoms with van der Waals surface area (Å²) in [6.45, 7) is 4.36. The zero-order valence-corrected chi connectivity index (χ0v) is 20.7. The number of carbonyl (C=O) groups is 2. The lowest BCUT2D eigenvalue weighted by molar-refractivity contribution is -0.124. The summed E-state index contributed by atoms with van der Waals surface area (Å²) in [6.07, 6.45) is 0. The van der Waals surface area contributed by atoms with Crippen molar-refractivity contribution in [3.05, 3.63) is 53.1 Å². The average molecular weight is 484 g/mol. The van der Waals surface area contributed by atoms with E-state index in [9.17, 15) is 9.59 Å². The number of hydrogen-bond donors (Lipinski definition) is 1. The third-order valence-corrected chi connectivity index (χ3v) is 6.75. The molecule has 2 aliphatic rings. The van der Waals surface area contributed by atoms with Crippen LogP contribution < -0.4 is 19.5 Å². The molecule has 2 amide bonds. The van der Waals surface area contributed by atoms with E-state index in [0.29, 0.717) is 48.1 Å². The van der Waals surface area contributed by atoms with E-state index in [1.54, 1.807) is 38.3 Å². The van der Waals surface area contributed by atoms with E-state index < -0.39 is 12.0 Å². The minimum Gasteiger partial charge on any atom is -0.497 e. The number of hydrogen-bond acceptors (Lipinski definition) is 7. The normalized spacial score (nSPS) is 20.2. The summed E-state index contributed by atoms with van der Waals surface area (Å²) in [5.41, 5.74) is 1.90. The fourth-order valence-electron chi connectivity index (χ4n) is 4.82. The molecule has 2 heterocycles. The number of benzene rings is 2. The van der Waals surface area contributed by atoms with Gasteiger partial charge in [0.25, 0.3) is 5.91 Å². The molecule has 0 aliphatic carbocycles. The molecular formula is C26H33N3O6. The summed E-state index contributed by atoms with van der Waals surface area (Å²) in [5.74, 6) is 0.666. The molecule has 188 valence electrons. The first-order valence-electron chi connectivity index (χ1n) is 11.7. The topological polar surface area (TPSA) is 89.6 Å². The van der Waals surface area contributed by atoms with Gasteiger partial charge in [-0.2, -0.15) is 0 Å². The van der Waals surface area contributed by atoms with E-state index in [0.717, 1.165) is 25.2 Å². The zero-order valence-electron chi connectivity index (χ0n) is 20.7. The molecule has 9 heteroatoms. The first-order valence-corrected chi connectivity index (χ1v) is 11.7. The molecule has 4 rings (SSSR count). The lowest BCUT2D eigenvalue weighted by atomic mass is 9.79. The molecule has 1 saturated heterocycles. The van der Waals surface area contributed by atoms with Crippen molar-refractivity contribution in [2.24, 2.45) is 0 Å². The molecular weight excluding hydrogens is 450 g/mol. The van der Waals surface area contributed by atoms with E-state index in [2.05, 4.69) is 10.2 Å². The van der Waals surface area contributed by atoms with Crippen LogP contribution in [0.5, 0.6) is 17.2 Å². The fraction of sp³-hybridized carbons (Fsp3) is 0.462. The molecule has 2 aromatic rings. The van der Waals surface area contributed by atoms with Gasteiger partial charge in [0.15, 0.2) is 11.5 Å². The number of rotatable bonds is 8. The van der Waals surface area contributed by atoms with Crippen molar-refractivity contribution in [3.63, 3.8) is 0 Å². The van der Waals surface area contributed by atoms with Gasteiger partial charge < -0.3 is 29.2 Å². The molecule has 1 N–H and O–H groups in total. The van der Waals surface area contributed by atoms with Gasteiger partial charge in [0, 0.05) is 38.8 Å². The largest absolute Gasteiger partial charge is 0.497 e. The Morgan fingerprint density at radius 1 is 1.03 bits per heavy atom. The molecule has 2 aliphatic heterocycles. The van der Waals surface area contributed by atoms with E-state index in [-0.39, 0.29) is 11.8 Å². The first-order chi connectivity index (χ1) is 17.0. The number of morpholine rings is 1. The Balaban J connectivity index is 1.70. The number of ether oxygens (including phenoxy) is 4. The Bertz CT molecular complexity index is 1050. The fourth-order valence-corrected chi connectivity index (χ4v) is 4.82. The minimum absolute atomic E-state index is 0.146. The highest BCUT2D eigenvalue weighted by atomic mass is 16.5. The zero-order chi connectivity index (χ0) is 24.9. The predicted octanol–water partition coefficient (Wildman–Crippen LogP) is 2.07. The molecule has 2 aromatic carbocycles. The van der Waals surface area contributed by atoms with Gasteiger partial charge >= 0.3 is 0 Å². The van der Waals surface area contributed by atoms with E-state index in [1.165, 1.54) is 7.11 Å². The lowest BCUT2D eigenvalue weighted by Crippen LogP contribution is -2.47. The summed E-state index contributed by atoms with van der Waals surface area (Å²) in [6, 6.07) is 10.4. The van der Waals surface area contributed by atoms with Crippen molar-refractivity contribution >= 4 is 11.8 Å². The molecule has 2 atom stereocenters. The van der Waals surface area contributed by atoms with Crippen LogP contribution in [0.4, 0.5) is 0 Å². The number of likely N-dealkylation sites (N-methyl/N-ethyl adjacent to an activating group) is 1. The van der Waals surface area contributed by atoms with Crippen LogP contribution in [-0.4, -0.2) is 89.4 Å². The van der Waals surface area contributed by atoms with Crippen LogP contribution in [0.1, 0.15) is 33.4 Å². The number of nitrogens with one attached hydrogen (secondary N) is 1. The maximum atomic E-state index is 13.7. The number of fused-ring (bicyclic) bond motifs is 1. The van der Waals surface area contributed by atoms with Gasteiger partial charge in [-0.25, -0.2) is 0 Å². The van der Waals surface area contributed by atoms with Gasteiger partial charge in [-0.15, -0.1) is 0 Å². The summed E-state index contributed by atoms with van der Waals surface area (Å²) in [4.78, 5) is 31.1. The highest BCUT2D eigenvalue weighted by Gasteiger charge is 2.43. The average Bonchev–Trinajstić information content (AvgIpc) is 2.90. The molecule has 0 radical (unpaired) electrons. The van der Waals surface area contributed by atoms with E-state index in [4.69, 9.17) is 18.9 Å². The first kappa shape index (κ1) is 24.8. The van der Waals surface area contributed by atoms with Crippen molar-refractivity contribution in [2.75, 3.05) is 67.8 Å². The van der Waals surface area contributed by atoms with Gasteiger partial charge in [-0.05, 0) is 35.4 Å². The maximum absolute atomic E-state index is 13.7. The summed E-state index contributed by atoms with van der Waals surface area (Å²) >= 11 is 0. The second kappa shape index (κ2) is 11.0. The number of nitrogens with zero attached hydrogens (tertiary/aromatic N) is 2. The second-order valence-corrected chi connectivity index (χ2v) is 8.65. The Hall–Kier alpha value is -3.30. The molecule has 0 saturated carbocycles.